The van der Waals surface area contributed by atoms with Gasteiger partial charge in [0.2, 0.25) is 0 Å². The number of hydrogen-bond donors (Lipinski definition) is 0. The number of rotatable bonds is 8. The van der Waals surface area contributed by atoms with Crippen LogP contribution in [0.4, 0.5) is 0 Å². The first-order chi connectivity index (χ1) is 7.20. The Morgan fingerprint density at radius 3 is 2.07 bits per heavy atom. The smallest absolute Gasteiger partial charge is 0.313 e. The lowest BCUT2D eigenvalue weighted by molar-refractivity contribution is -0.159. The Morgan fingerprint density at radius 2 is 1.47 bits per heavy atom. The highest BCUT2D eigenvalue weighted by Gasteiger charge is 2.07. The van der Waals surface area contributed by atoms with Crippen molar-refractivity contribution in [1.29, 1.82) is 0 Å². The molecule has 88 valence electrons. The molecule has 0 amide bonds. The molecule has 0 N–H and O–H groups in total. The molecule has 0 fully saturated rings. The van der Waals surface area contributed by atoms with Crippen LogP contribution >= 0.6 is 0 Å². The van der Waals surface area contributed by atoms with E-state index in [1.54, 1.807) is 6.92 Å². The van der Waals surface area contributed by atoms with Gasteiger partial charge in [0, 0.05) is 12.8 Å². The highest BCUT2D eigenvalue weighted by atomic mass is 16.6. The van der Waals surface area contributed by atoms with Crippen molar-refractivity contribution in [2.45, 2.75) is 65.2 Å². The molecule has 0 aromatic carbocycles. The molecule has 3 nitrogen and oxygen atoms in total. The predicted molar refractivity (Wildman–Crippen MR) is 59.4 cm³/mol. The average Bonchev–Trinajstić information content (AvgIpc) is 2.23. The molecule has 0 aliphatic rings. The first-order valence-corrected chi connectivity index (χ1v) is 5.94. The molecule has 0 spiro atoms. The maximum atomic E-state index is 11.1. The number of carbonyl (C=O) groups is 2. The maximum absolute atomic E-state index is 11.1. The van der Waals surface area contributed by atoms with Gasteiger partial charge in [0.15, 0.2) is 0 Å². The SMILES string of the molecule is CCCCCCCCC(=O)OC(=O)CC. The third-order valence-electron chi connectivity index (χ3n) is 2.25. The Balaban J connectivity index is 3.28. The number of unbranched alkanes of at least 4 members (excludes halogenated alkanes) is 5. The molecule has 0 aromatic heterocycles. The quantitative estimate of drug-likeness (QED) is 0.354. The molecule has 0 atom stereocenters. The molecule has 0 radical (unpaired) electrons. The third kappa shape index (κ3) is 9.44. The molecule has 0 aliphatic carbocycles. The van der Waals surface area contributed by atoms with Gasteiger partial charge in [0.1, 0.15) is 0 Å². The molecular weight excluding hydrogens is 192 g/mol. The van der Waals surface area contributed by atoms with E-state index in [0.717, 1.165) is 12.8 Å². The zero-order valence-electron chi connectivity index (χ0n) is 9.88. The van der Waals surface area contributed by atoms with Crippen LogP contribution in [-0.4, -0.2) is 11.9 Å². The van der Waals surface area contributed by atoms with Crippen LogP contribution in [0.5, 0.6) is 0 Å². The van der Waals surface area contributed by atoms with Crippen molar-refractivity contribution in [2.24, 2.45) is 0 Å². The van der Waals surface area contributed by atoms with Crippen LogP contribution in [0, 0.1) is 0 Å². The highest BCUT2D eigenvalue weighted by Crippen LogP contribution is 2.07. The molecule has 0 rings (SSSR count). The maximum Gasteiger partial charge on any atom is 0.313 e. The van der Waals surface area contributed by atoms with Gasteiger partial charge in [-0.05, 0) is 6.42 Å². The number of carbonyl (C=O) groups excluding carboxylic acids is 2. The van der Waals surface area contributed by atoms with E-state index in [2.05, 4.69) is 11.7 Å². The monoisotopic (exact) mass is 214 g/mol. The minimum Gasteiger partial charge on any atom is -0.393 e. The molecule has 0 bridgehead atoms. The lowest BCUT2D eigenvalue weighted by atomic mass is 10.1. The third-order valence-corrected chi connectivity index (χ3v) is 2.25. The lowest BCUT2D eigenvalue weighted by Gasteiger charge is -2.01. The van der Waals surface area contributed by atoms with Crippen LogP contribution in [-0.2, 0) is 14.3 Å². The summed E-state index contributed by atoms with van der Waals surface area (Å²) in [5.74, 6) is -0.802. The first kappa shape index (κ1) is 14.1. The fourth-order valence-corrected chi connectivity index (χ4v) is 1.30. The number of esters is 2. The summed E-state index contributed by atoms with van der Waals surface area (Å²) < 4.78 is 4.55. The summed E-state index contributed by atoms with van der Waals surface area (Å²) in [5, 5.41) is 0. The molecule has 3 heteroatoms. The Hall–Kier alpha value is -0.860. The summed E-state index contributed by atoms with van der Waals surface area (Å²) in [6.45, 7) is 3.86. The standard InChI is InChI=1S/C12H22O3/c1-3-5-6-7-8-9-10-12(14)15-11(13)4-2/h3-10H2,1-2H3. The van der Waals surface area contributed by atoms with Crippen LogP contribution in [0.2, 0.25) is 0 Å². The Bertz CT molecular complexity index is 187. The molecule has 0 aromatic rings. The summed E-state index contributed by atoms with van der Waals surface area (Å²) in [4.78, 5) is 21.8. The van der Waals surface area contributed by atoms with Crippen molar-refractivity contribution in [1.82, 2.24) is 0 Å². The topological polar surface area (TPSA) is 43.4 Å². The summed E-state index contributed by atoms with van der Waals surface area (Å²) in [5.41, 5.74) is 0. The van der Waals surface area contributed by atoms with Crippen LogP contribution in [0.15, 0.2) is 0 Å². The van der Waals surface area contributed by atoms with Gasteiger partial charge in [-0.1, -0.05) is 46.0 Å². The number of ether oxygens (including phenoxy) is 1. The molecule has 0 aliphatic heterocycles. The van der Waals surface area contributed by atoms with Crippen molar-refractivity contribution in [2.75, 3.05) is 0 Å². The van der Waals surface area contributed by atoms with Gasteiger partial charge in [-0.2, -0.15) is 0 Å². The van der Waals surface area contributed by atoms with Crippen molar-refractivity contribution in [3.8, 4) is 0 Å². The van der Waals surface area contributed by atoms with Crippen LogP contribution in [0.25, 0.3) is 0 Å². The second kappa shape index (κ2) is 9.69. The van der Waals surface area contributed by atoms with Crippen LogP contribution < -0.4 is 0 Å². The largest absolute Gasteiger partial charge is 0.393 e. The zero-order chi connectivity index (χ0) is 11.5. The van der Waals surface area contributed by atoms with E-state index in [9.17, 15) is 9.59 Å². The van der Waals surface area contributed by atoms with Crippen molar-refractivity contribution < 1.29 is 14.3 Å². The van der Waals surface area contributed by atoms with Gasteiger partial charge in [-0.25, -0.2) is 0 Å². The van der Waals surface area contributed by atoms with Gasteiger partial charge in [-0.15, -0.1) is 0 Å². The molecule has 0 saturated carbocycles. The van der Waals surface area contributed by atoms with Gasteiger partial charge in [0.05, 0.1) is 0 Å². The zero-order valence-corrected chi connectivity index (χ0v) is 9.88. The van der Waals surface area contributed by atoms with Gasteiger partial charge in [-0.3, -0.25) is 9.59 Å². The molecular formula is C12H22O3. The van der Waals surface area contributed by atoms with Crippen LogP contribution in [0.1, 0.15) is 65.2 Å². The summed E-state index contributed by atoms with van der Waals surface area (Å²) in [6.07, 6.45) is 7.42. The second-order valence-electron chi connectivity index (χ2n) is 3.72. The number of hydrogen-bond acceptors (Lipinski definition) is 3. The minimum atomic E-state index is -0.425. The van der Waals surface area contributed by atoms with E-state index < -0.39 is 5.97 Å². The minimum absolute atomic E-state index is 0.266. The Labute approximate surface area is 92.2 Å². The molecule has 0 unspecified atom stereocenters. The summed E-state index contributed by atoms with van der Waals surface area (Å²) in [7, 11) is 0. The van der Waals surface area contributed by atoms with Crippen LogP contribution in [0.3, 0.4) is 0 Å². The predicted octanol–water partition coefficient (Wildman–Crippen LogP) is 3.22. The fourth-order valence-electron chi connectivity index (χ4n) is 1.30. The molecule has 15 heavy (non-hydrogen) atoms. The van der Waals surface area contributed by atoms with Crippen molar-refractivity contribution in [3.05, 3.63) is 0 Å². The van der Waals surface area contributed by atoms with E-state index in [1.807, 2.05) is 0 Å². The van der Waals surface area contributed by atoms with Gasteiger partial charge in [0.25, 0.3) is 0 Å². The fraction of sp³-hybridized carbons (Fsp3) is 0.833. The van der Waals surface area contributed by atoms with Crippen molar-refractivity contribution >= 4 is 11.9 Å². The second-order valence-corrected chi connectivity index (χ2v) is 3.72. The summed E-state index contributed by atoms with van der Waals surface area (Å²) >= 11 is 0. The Morgan fingerprint density at radius 1 is 0.867 bits per heavy atom. The normalized spacial score (nSPS) is 10.0. The first-order valence-electron chi connectivity index (χ1n) is 5.94. The molecule has 0 saturated heterocycles. The van der Waals surface area contributed by atoms with Gasteiger partial charge < -0.3 is 4.74 Å². The van der Waals surface area contributed by atoms with E-state index >= 15 is 0 Å². The lowest BCUT2D eigenvalue weighted by Crippen LogP contribution is -2.10. The van der Waals surface area contributed by atoms with E-state index in [0.29, 0.717) is 6.42 Å². The molecule has 0 heterocycles. The van der Waals surface area contributed by atoms with E-state index in [4.69, 9.17) is 0 Å². The van der Waals surface area contributed by atoms with Gasteiger partial charge >= 0.3 is 11.9 Å². The van der Waals surface area contributed by atoms with E-state index in [1.165, 1.54) is 25.7 Å². The average molecular weight is 214 g/mol. The van der Waals surface area contributed by atoms with E-state index in [-0.39, 0.29) is 12.4 Å². The Kier molecular flexibility index (Phi) is 9.13. The van der Waals surface area contributed by atoms with Crippen molar-refractivity contribution in [3.63, 3.8) is 0 Å². The summed E-state index contributed by atoms with van der Waals surface area (Å²) in [6, 6.07) is 0. The highest BCUT2D eigenvalue weighted by molar-refractivity contribution is 5.85.